The van der Waals surface area contributed by atoms with E-state index < -0.39 is 5.97 Å². The molecule has 2 heterocycles. The van der Waals surface area contributed by atoms with Crippen molar-refractivity contribution in [2.45, 2.75) is 32.7 Å². The Hall–Kier alpha value is -1.62. The number of likely N-dealkylation sites (N-methyl/N-ethyl adjacent to an activating group) is 2. The number of hydrogen-bond donors (Lipinski definition) is 1. The highest BCUT2D eigenvalue weighted by Crippen LogP contribution is 2.22. The van der Waals surface area contributed by atoms with Crippen LogP contribution in [0, 0.1) is 6.92 Å². The number of rotatable bonds is 5. The second kappa shape index (κ2) is 6.22. The first kappa shape index (κ1) is 14.8. The van der Waals surface area contributed by atoms with E-state index in [1.54, 1.807) is 6.07 Å². The summed E-state index contributed by atoms with van der Waals surface area (Å²) in [5.74, 6) is -0.0549. The molecule has 0 bridgehead atoms. The van der Waals surface area contributed by atoms with Crippen LogP contribution < -0.4 is 4.90 Å². The standard InChI is InChI=1S/C15H23N3O2/c1-4-18-7-5-6-13(18)10-17(3)14-11(2)8-12(9-16-14)15(19)20/h8-9,13H,4-7,10H2,1-3H3,(H,19,20). The lowest BCUT2D eigenvalue weighted by Crippen LogP contribution is -2.39. The molecule has 0 saturated carbocycles. The van der Waals surface area contributed by atoms with Crippen LogP contribution in [0.1, 0.15) is 35.7 Å². The summed E-state index contributed by atoms with van der Waals surface area (Å²) in [6.45, 7) is 7.32. The lowest BCUT2D eigenvalue weighted by Gasteiger charge is -2.29. The molecule has 1 aromatic heterocycles. The van der Waals surface area contributed by atoms with Gasteiger partial charge in [0.2, 0.25) is 0 Å². The molecule has 1 fully saturated rings. The van der Waals surface area contributed by atoms with Crippen molar-refractivity contribution in [2.24, 2.45) is 0 Å². The Bertz CT molecular complexity index is 490. The van der Waals surface area contributed by atoms with Gasteiger partial charge in [0, 0.05) is 25.8 Å². The normalized spacial score (nSPS) is 19.2. The van der Waals surface area contributed by atoms with E-state index in [2.05, 4.69) is 21.7 Å². The van der Waals surface area contributed by atoms with E-state index in [-0.39, 0.29) is 5.56 Å². The molecule has 5 heteroatoms. The lowest BCUT2D eigenvalue weighted by atomic mass is 10.1. The van der Waals surface area contributed by atoms with Crippen molar-refractivity contribution in [3.05, 3.63) is 23.4 Å². The fraction of sp³-hybridized carbons (Fsp3) is 0.600. The van der Waals surface area contributed by atoms with Crippen molar-refractivity contribution in [3.8, 4) is 0 Å². The van der Waals surface area contributed by atoms with Crippen LogP contribution in [0.5, 0.6) is 0 Å². The molecule has 2 rings (SSSR count). The van der Waals surface area contributed by atoms with Crippen molar-refractivity contribution < 1.29 is 9.90 Å². The molecular weight excluding hydrogens is 254 g/mol. The topological polar surface area (TPSA) is 56.7 Å². The van der Waals surface area contributed by atoms with Gasteiger partial charge in [0.05, 0.1) is 5.56 Å². The van der Waals surface area contributed by atoms with Crippen molar-refractivity contribution in [1.29, 1.82) is 0 Å². The number of anilines is 1. The summed E-state index contributed by atoms with van der Waals surface area (Å²) in [6.07, 6.45) is 3.93. The zero-order valence-corrected chi connectivity index (χ0v) is 12.5. The van der Waals surface area contributed by atoms with Crippen LogP contribution in [0.2, 0.25) is 0 Å². The summed E-state index contributed by atoms with van der Waals surface area (Å²) in [5.41, 5.74) is 1.16. The highest BCUT2D eigenvalue weighted by atomic mass is 16.4. The summed E-state index contributed by atoms with van der Waals surface area (Å²) in [5, 5.41) is 8.97. The van der Waals surface area contributed by atoms with Gasteiger partial charge >= 0.3 is 5.97 Å². The van der Waals surface area contributed by atoms with Gasteiger partial charge in [-0.25, -0.2) is 9.78 Å². The molecule has 110 valence electrons. The van der Waals surface area contributed by atoms with Gasteiger partial charge in [-0.1, -0.05) is 6.92 Å². The van der Waals surface area contributed by atoms with Gasteiger partial charge in [-0.2, -0.15) is 0 Å². The molecule has 1 aromatic rings. The lowest BCUT2D eigenvalue weighted by molar-refractivity contribution is 0.0696. The Morgan fingerprint density at radius 2 is 2.35 bits per heavy atom. The van der Waals surface area contributed by atoms with Gasteiger partial charge in [-0.3, -0.25) is 4.90 Å². The van der Waals surface area contributed by atoms with Crippen LogP contribution >= 0.6 is 0 Å². The highest BCUT2D eigenvalue weighted by Gasteiger charge is 2.24. The average molecular weight is 277 g/mol. The molecule has 0 aliphatic carbocycles. The third kappa shape index (κ3) is 3.10. The largest absolute Gasteiger partial charge is 0.478 e. The molecule has 20 heavy (non-hydrogen) atoms. The predicted molar refractivity (Wildman–Crippen MR) is 79.5 cm³/mol. The number of nitrogens with zero attached hydrogens (tertiary/aromatic N) is 3. The van der Waals surface area contributed by atoms with Crippen LogP contribution in [0.3, 0.4) is 0 Å². The van der Waals surface area contributed by atoms with Crippen LogP contribution in [-0.4, -0.2) is 53.7 Å². The number of carboxylic acids is 1. The summed E-state index contributed by atoms with van der Waals surface area (Å²) in [4.78, 5) is 19.9. The van der Waals surface area contributed by atoms with Gasteiger partial charge in [-0.05, 0) is 44.5 Å². The third-order valence-electron chi connectivity index (χ3n) is 4.05. The number of likely N-dealkylation sites (tertiary alicyclic amines) is 1. The van der Waals surface area contributed by atoms with E-state index in [9.17, 15) is 4.79 Å². The number of aryl methyl sites for hydroxylation is 1. The second-order valence-electron chi connectivity index (χ2n) is 5.47. The van der Waals surface area contributed by atoms with Gasteiger partial charge in [0.1, 0.15) is 5.82 Å². The molecular formula is C15H23N3O2. The number of carbonyl (C=O) groups is 1. The van der Waals surface area contributed by atoms with Crippen molar-refractivity contribution in [1.82, 2.24) is 9.88 Å². The molecule has 5 nitrogen and oxygen atoms in total. The minimum atomic E-state index is -0.928. The smallest absolute Gasteiger partial charge is 0.337 e. The first-order valence-electron chi connectivity index (χ1n) is 7.18. The molecule has 0 spiro atoms. The monoisotopic (exact) mass is 277 g/mol. The van der Waals surface area contributed by atoms with E-state index in [0.29, 0.717) is 6.04 Å². The highest BCUT2D eigenvalue weighted by molar-refractivity contribution is 5.87. The maximum absolute atomic E-state index is 10.9. The van der Waals surface area contributed by atoms with E-state index in [4.69, 9.17) is 5.11 Å². The number of aromatic carboxylic acids is 1. The zero-order chi connectivity index (χ0) is 14.7. The maximum atomic E-state index is 10.9. The molecule has 1 aliphatic heterocycles. The molecule has 0 aromatic carbocycles. The van der Waals surface area contributed by atoms with Crippen molar-refractivity contribution >= 4 is 11.8 Å². The minimum absolute atomic E-state index is 0.246. The Morgan fingerprint density at radius 3 is 2.95 bits per heavy atom. The molecule has 1 atom stereocenters. The zero-order valence-electron chi connectivity index (χ0n) is 12.5. The fourth-order valence-corrected chi connectivity index (χ4v) is 3.00. The van der Waals surface area contributed by atoms with E-state index in [1.165, 1.54) is 25.6 Å². The Balaban J connectivity index is 2.09. The van der Waals surface area contributed by atoms with E-state index in [1.807, 2.05) is 14.0 Å². The molecule has 1 saturated heterocycles. The SMILES string of the molecule is CCN1CCCC1CN(C)c1ncc(C(=O)O)cc1C. The molecule has 1 N–H and O–H groups in total. The van der Waals surface area contributed by atoms with Crippen molar-refractivity contribution in [2.75, 3.05) is 31.6 Å². The third-order valence-corrected chi connectivity index (χ3v) is 4.05. The first-order chi connectivity index (χ1) is 9.52. The summed E-state index contributed by atoms with van der Waals surface area (Å²) in [7, 11) is 2.03. The van der Waals surface area contributed by atoms with Crippen LogP contribution in [-0.2, 0) is 0 Å². The first-order valence-corrected chi connectivity index (χ1v) is 7.18. The number of carboxylic acid groups (broad SMARTS) is 1. The van der Waals surface area contributed by atoms with Gasteiger partial charge in [0.25, 0.3) is 0 Å². The summed E-state index contributed by atoms with van der Waals surface area (Å²) < 4.78 is 0. The quantitative estimate of drug-likeness (QED) is 0.892. The molecule has 1 aliphatic rings. The van der Waals surface area contributed by atoms with E-state index >= 15 is 0 Å². The van der Waals surface area contributed by atoms with Gasteiger partial charge in [0.15, 0.2) is 0 Å². The second-order valence-corrected chi connectivity index (χ2v) is 5.47. The van der Waals surface area contributed by atoms with Gasteiger partial charge in [-0.15, -0.1) is 0 Å². The average Bonchev–Trinajstić information content (AvgIpc) is 2.85. The minimum Gasteiger partial charge on any atom is -0.478 e. The number of hydrogen-bond acceptors (Lipinski definition) is 4. The van der Waals surface area contributed by atoms with E-state index in [0.717, 1.165) is 24.5 Å². The van der Waals surface area contributed by atoms with Crippen LogP contribution in [0.15, 0.2) is 12.3 Å². The Kier molecular flexibility index (Phi) is 4.60. The Labute approximate surface area is 120 Å². The molecule has 0 radical (unpaired) electrons. The van der Waals surface area contributed by atoms with Gasteiger partial charge < -0.3 is 10.0 Å². The summed E-state index contributed by atoms with van der Waals surface area (Å²) in [6, 6.07) is 2.26. The summed E-state index contributed by atoms with van der Waals surface area (Å²) >= 11 is 0. The maximum Gasteiger partial charge on any atom is 0.337 e. The fourth-order valence-electron chi connectivity index (χ4n) is 3.00. The molecule has 1 unspecified atom stereocenters. The van der Waals surface area contributed by atoms with Crippen molar-refractivity contribution in [3.63, 3.8) is 0 Å². The van der Waals surface area contributed by atoms with Crippen LogP contribution in [0.25, 0.3) is 0 Å². The predicted octanol–water partition coefficient (Wildman–Crippen LogP) is 2.01. The Morgan fingerprint density at radius 1 is 1.60 bits per heavy atom. The number of aromatic nitrogens is 1. The number of pyridine rings is 1. The van der Waals surface area contributed by atoms with Crippen LogP contribution in [0.4, 0.5) is 5.82 Å². The molecule has 0 amide bonds.